The van der Waals surface area contributed by atoms with Crippen molar-refractivity contribution >= 4 is 5.78 Å². The molecule has 0 aromatic rings. The summed E-state index contributed by atoms with van der Waals surface area (Å²) < 4.78 is 0. The van der Waals surface area contributed by atoms with E-state index in [2.05, 4.69) is 33.8 Å². The molecule has 0 heterocycles. The lowest BCUT2D eigenvalue weighted by Gasteiger charge is -2.30. The molecule has 0 aliphatic heterocycles. The number of rotatable bonds is 5. The third kappa shape index (κ3) is 5.34. The van der Waals surface area contributed by atoms with E-state index in [0.717, 1.165) is 25.7 Å². The normalized spacial score (nSPS) is 21.4. The van der Waals surface area contributed by atoms with Crippen LogP contribution in [0, 0.1) is 5.41 Å². The minimum atomic E-state index is 0.301. The van der Waals surface area contributed by atoms with E-state index in [9.17, 15) is 4.79 Å². The molecule has 0 fully saturated rings. The predicted molar refractivity (Wildman–Crippen MR) is 74.0 cm³/mol. The summed E-state index contributed by atoms with van der Waals surface area (Å²) in [4.78, 5) is 11.8. The molecule has 0 radical (unpaired) electrons. The summed E-state index contributed by atoms with van der Waals surface area (Å²) in [7, 11) is 0. The van der Waals surface area contributed by atoms with Crippen LogP contribution in [-0.4, -0.2) is 5.78 Å². The molecule has 0 aromatic carbocycles. The van der Waals surface area contributed by atoms with Gasteiger partial charge in [0.1, 0.15) is 0 Å². The van der Waals surface area contributed by atoms with E-state index >= 15 is 0 Å². The second-order valence-electron chi connectivity index (χ2n) is 6.15. The summed E-state index contributed by atoms with van der Waals surface area (Å²) in [6.07, 6.45) is 10.3. The summed E-state index contributed by atoms with van der Waals surface area (Å²) >= 11 is 0. The van der Waals surface area contributed by atoms with Crippen LogP contribution in [0.4, 0.5) is 0 Å². The Bertz CT molecular complexity index is 331. The highest BCUT2D eigenvalue weighted by atomic mass is 16.1. The molecule has 0 saturated carbocycles. The third-order valence-electron chi connectivity index (χ3n) is 3.24. The van der Waals surface area contributed by atoms with E-state index < -0.39 is 0 Å². The van der Waals surface area contributed by atoms with Gasteiger partial charge in [-0.05, 0) is 43.3 Å². The van der Waals surface area contributed by atoms with Gasteiger partial charge in [-0.1, -0.05) is 45.3 Å². The van der Waals surface area contributed by atoms with Gasteiger partial charge in [-0.25, -0.2) is 0 Å². The average Bonchev–Trinajstić information content (AvgIpc) is 2.14. The van der Waals surface area contributed by atoms with Crippen LogP contribution in [0.1, 0.15) is 66.2 Å². The lowest BCUT2D eigenvalue weighted by Crippen LogP contribution is -2.16. The van der Waals surface area contributed by atoms with E-state index in [0.29, 0.717) is 17.6 Å². The van der Waals surface area contributed by atoms with Crippen molar-refractivity contribution in [2.75, 3.05) is 0 Å². The Morgan fingerprint density at radius 2 is 2.06 bits per heavy atom. The molecule has 0 saturated heterocycles. The van der Waals surface area contributed by atoms with Crippen LogP contribution in [-0.2, 0) is 4.79 Å². The second-order valence-corrected chi connectivity index (χ2v) is 6.15. The first-order valence-electron chi connectivity index (χ1n) is 6.83. The quantitative estimate of drug-likeness (QED) is 0.492. The van der Waals surface area contributed by atoms with E-state index in [1.165, 1.54) is 17.6 Å². The highest BCUT2D eigenvalue weighted by Crippen LogP contribution is 2.37. The molecule has 0 atom stereocenters. The lowest BCUT2D eigenvalue weighted by molar-refractivity contribution is -0.114. The first-order chi connectivity index (χ1) is 7.93. The van der Waals surface area contributed by atoms with Crippen molar-refractivity contribution in [3.63, 3.8) is 0 Å². The van der Waals surface area contributed by atoms with Crippen molar-refractivity contribution in [2.45, 2.75) is 66.2 Å². The van der Waals surface area contributed by atoms with E-state index in [1.807, 2.05) is 6.08 Å². The molecule has 0 bridgehead atoms. The van der Waals surface area contributed by atoms with Crippen LogP contribution in [0.3, 0.4) is 0 Å². The van der Waals surface area contributed by atoms with Gasteiger partial charge in [-0.2, -0.15) is 0 Å². The largest absolute Gasteiger partial charge is 0.295 e. The van der Waals surface area contributed by atoms with Gasteiger partial charge in [0.05, 0.1) is 0 Å². The van der Waals surface area contributed by atoms with Gasteiger partial charge in [-0.15, -0.1) is 0 Å². The Kier molecular flexibility index (Phi) is 5.17. The number of hydrogen-bond acceptors (Lipinski definition) is 1. The fourth-order valence-electron chi connectivity index (χ4n) is 2.71. The Labute approximate surface area is 106 Å². The van der Waals surface area contributed by atoms with Gasteiger partial charge in [0.15, 0.2) is 5.78 Å². The third-order valence-corrected chi connectivity index (χ3v) is 3.24. The minimum absolute atomic E-state index is 0.301. The van der Waals surface area contributed by atoms with Crippen molar-refractivity contribution in [2.24, 2.45) is 5.41 Å². The Morgan fingerprint density at radius 1 is 1.35 bits per heavy atom. The monoisotopic (exact) mass is 234 g/mol. The summed E-state index contributed by atoms with van der Waals surface area (Å²) in [6, 6.07) is 0. The standard InChI is InChI=1S/C16H26O/c1-5-6-7-8-15(17)10-14-9-13(2)11-16(3,4)12-14/h9-10H,5-8,11-12H2,1-4H3/b14-10+. The van der Waals surface area contributed by atoms with Crippen LogP contribution in [0.2, 0.25) is 0 Å². The fourth-order valence-corrected chi connectivity index (χ4v) is 2.71. The maximum atomic E-state index is 11.8. The number of allylic oxidation sites excluding steroid dienone is 4. The molecular weight excluding hydrogens is 208 g/mol. The number of hydrogen-bond donors (Lipinski definition) is 0. The van der Waals surface area contributed by atoms with Crippen LogP contribution >= 0.6 is 0 Å². The maximum Gasteiger partial charge on any atom is 0.155 e. The van der Waals surface area contributed by atoms with Crippen molar-refractivity contribution in [1.29, 1.82) is 0 Å². The average molecular weight is 234 g/mol. The van der Waals surface area contributed by atoms with Gasteiger partial charge in [-0.3, -0.25) is 4.79 Å². The molecule has 1 nitrogen and oxygen atoms in total. The lowest BCUT2D eigenvalue weighted by atomic mass is 9.75. The first kappa shape index (κ1) is 14.2. The topological polar surface area (TPSA) is 17.1 Å². The van der Waals surface area contributed by atoms with Crippen molar-refractivity contribution < 1.29 is 4.79 Å². The highest BCUT2D eigenvalue weighted by molar-refractivity contribution is 5.90. The molecular formula is C16H26O. The zero-order valence-electron chi connectivity index (χ0n) is 11.8. The minimum Gasteiger partial charge on any atom is -0.295 e. The summed E-state index contributed by atoms with van der Waals surface area (Å²) in [5.74, 6) is 0.301. The summed E-state index contributed by atoms with van der Waals surface area (Å²) in [6.45, 7) is 8.88. The maximum absolute atomic E-state index is 11.8. The van der Waals surface area contributed by atoms with Gasteiger partial charge in [0, 0.05) is 6.42 Å². The van der Waals surface area contributed by atoms with Gasteiger partial charge >= 0.3 is 0 Å². The Morgan fingerprint density at radius 3 is 2.65 bits per heavy atom. The number of ketones is 1. The molecule has 0 N–H and O–H groups in total. The van der Waals surface area contributed by atoms with Gasteiger partial charge < -0.3 is 0 Å². The fraction of sp³-hybridized carbons (Fsp3) is 0.688. The summed E-state index contributed by atoms with van der Waals surface area (Å²) in [5.41, 5.74) is 2.93. The Hall–Kier alpha value is -0.850. The van der Waals surface area contributed by atoms with Crippen LogP contribution < -0.4 is 0 Å². The van der Waals surface area contributed by atoms with Gasteiger partial charge in [0.2, 0.25) is 0 Å². The van der Waals surface area contributed by atoms with Crippen LogP contribution in [0.15, 0.2) is 23.3 Å². The second kappa shape index (κ2) is 6.18. The SMILES string of the molecule is CCCCCC(=O)/C=C1\C=C(C)CC(C)(C)C1. The first-order valence-corrected chi connectivity index (χ1v) is 6.83. The van der Waals surface area contributed by atoms with Crippen molar-refractivity contribution in [1.82, 2.24) is 0 Å². The molecule has 1 rings (SSSR count). The van der Waals surface area contributed by atoms with Gasteiger partial charge in [0.25, 0.3) is 0 Å². The highest BCUT2D eigenvalue weighted by Gasteiger charge is 2.23. The zero-order chi connectivity index (χ0) is 12.9. The molecule has 0 aromatic heterocycles. The van der Waals surface area contributed by atoms with Crippen LogP contribution in [0.5, 0.6) is 0 Å². The molecule has 1 aliphatic carbocycles. The molecule has 1 aliphatic rings. The number of carbonyl (C=O) groups is 1. The molecule has 0 unspecified atom stereocenters. The molecule has 1 heteroatoms. The predicted octanol–water partition coefficient (Wildman–Crippen LogP) is 4.83. The number of unbranched alkanes of at least 4 members (excludes halogenated alkanes) is 2. The van der Waals surface area contributed by atoms with Crippen molar-refractivity contribution in [3.8, 4) is 0 Å². The molecule has 96 valence electrons. The summed E-state index contributed by atoms with van der Waals surface area (Å²) in [5, 5.41) is 0. The molecule has 17 heavy (non-hydrogen) atoms. The van der Waals surface area contributed by atoms with Crippen LogP contribution in [0.25, 0.3) is 0 Å². The smallest absolute Gasteiger partial charge is 0.155 e. The molecule has 0 amide bonds. The molecule has 0 spiro atoms. The Balaban J connectivity index is 2.59. The number of carbonyl (C=O) groups excluding carboxylic acids is 1. The van der Waals surface area contributed by atoms with E-state index in [4.69, 9.17) is 0 Å². The zero-order valence-corrected chi connectivity index (χ0v) is 11.8. The van der Waals surface area contributed by atoms with Crippen molar-refractivity contribution in [3.05, 3.63) is 23.3 Å². The van der Waals surface area contributed by atoms with E-state index in [1.54, 1.807) is 0 Å². The van der Waals surface area contributed by atoms with E-state index in [-0.39, 0.29) is 0 Å².